The maximum Gasteiger partial charge on any atom is 0.275 e. The van der Waals surface area contributed by atoms with Gasteiger partial charge in [-0.25, -0.2) is 9.97 Å². The molecule has 0 radical (unpaired) electrons. The Morgan fingerprint density at radius 2 is 2.22 bits per heavy atom. The van der Waals surface area contributed by atoms with Crippen molar-refractivity contribution in [1.29, 1.82) is 0 Å². The number of carbonyl (C=O) groups excluding carboxylic acids is 1. The third-order valence-electron chi connectivity index (χ3n) is 4.48. The quantitative estimate of drug-likeness (QED) is 0.870. The van der Waals surface area contributed by atoms with E-state index in [1.807, 2.05) is 28.8 Å². The fraction of sp³-hybridized carbons (Fsp3) is 0.529. The summed E-state index contributed by atoms with van der Waals surface area (Å²) in [6, 6.07) is 3.67. The molecule has 0 aromatic carbocycles. The lowest BCUT2D eigenvalue weighted by atomic mass is 9.97. The minimum Gasteiger partial charge on any atom is -0.325 e. The number of hydrogen-bond donors (Lipinski definition) is 0. The van der Waals surface area contributed by atoms with E-state index in [1.165, 1.54) is 0 Å². The number of nitrogens with zero attached hydrogens (tertiary/aromatic N) is 5. The van der Waals surface area contributed by atoms with E-state index in [0.717, 1.165) is 37.3 Å². The smallest absolute Gasteiger partial charge is 0.275 e. The minimum absolute atomic E-state index is 0.0371. The lowest BCUT2D eigenvalue weighted by Crippen LogP contribution is -2.44. The molecule has 2 aromatic heterocycles. The zero-order valence-corrected chi connectivity index (χ0v) is 14.0. The second-order valence-electron chi connectivity index (χ2n) is 6.32. The molecule has 0 unspecified atom stereocenters. The van der Waals surface area contributed by atoms with Crippen molar-refractivity contribution in [1.82, 2.24) is 24.6 Å². The van der Waals surface area contributed by atoms with Crippen LogP contribution < -0.4 is 0 Å². The van der Waals surface area contributed by atoms with E-state index >= 15 is 0 Å². The van der Waals surface area contributed by atoms with Gasteiger partial charge in [-0.3, -0.25) is 9.48 Å². The van der Waals surface area contributed by atoms with Gasteiger partial charge in [-0.15, -0.1) is 0 Å². The monoisotopic (exact) mass is 313 g/mol. The molecule has 122 valence electrons. The number of amides is 1. The van der Waals surface area contributed by atoms with E-state index in [-0.39, 0.29) is 5.91 Å². The van der Waals surface area contributed by atoms with Crippen LogP contribution in [0.15, 0.2) is 24.5 Å². The lowest BCUT2D eigenvalue weighted by Gasteiger charge is -2.33. The molecule has 6 nitrogen and oxygen atoms in total. The van der Waals surface area contributed by atoms with Gasteiger partial charge in [0.25, 0.3) is 5.91 Å². The Bertz CT molecular complexity index is 711. The van der Waals surface area contributed by atoms with Crippen LogP contribution in [0.25, 0.3) is 0 Å². The summed E-state index contributed by atoms with van der Waals surface area (Å²) in [6.45, 7) is 7.63. The Morgan fingerprint density at radius 1 is 1.39 bits per heavy atom. The van der Waals surface area contributed by atoms with Crippen molar-refractivity contribution in [2.45, 2.75) is 52.1 Å². The zero-order chi connectivity index (χ0) is 16.4. The molecular weight excluding hydrogens is 290 g/mol. The third kappa shape index (κ3) is 2.85. The highest BCUT2D eigenvalue weighted by atomic mass is 16.2. The highest BCUT2D eigenvalue weighted by Gasteiger charge is 2.44. The molecular formula is C17H23N5O. The van der Waals surface area contributed by atoms with E-state index in [9.17, 15) is 4.79 Å². The maximum atomic E-state index is 12.9. The van der Waals surface area contributed by atoms with Gasteiger partial charge in [0, 0.05) is 31.2 Å². The van der Waals surface area contributed by atoms with Crippen LogP contribution in [0.5, 0.6) is 0 Å². The van der Waals surface area contributed by atoms with Gasteiger partial charge in [-0.1, -0.05) is 6.92 Å². The molecule has 1 fully saturated rings. The molecule has 0 aliphatic carbocycles. The number of aromatic nitrogens is 4. The normalized spacial score (nSPS) is 20.9. The Balaban J connectivity index is 1.89. The van der Waals surface area contributed by atoms with Gasteiger partial charge < -0.3 is 4.90 Å². The van der Waals surface area contributed by atoms with Crippen molar-refractivity contribution in [2.24, 2.45) is 0 Å². The summed E-state index contributed by atoms with van der Waals surface area (Å²) in [5.41, 5.74) is 0.958. The SMILES string of the molecule is CCCn1ccc(C(=O)N2CCC[C@]2(C)c2nccc(C)n2)n1. The van der Waals surface area contributed by atoms with Gasteiger partial charge in [0.05, 0.1) is 0 Å². The predicted octanol–water partition coefficient (Wildman–Crippen LogP) is 2.54. The average Bonchev–Trinajstić information content (AvgIpc) is 3.15. The molecule has 0 saturated carbocycles. The summed E-state index contributed by atoms with van der Waals surface area (Å²) in [5.74, 6) is 0.682. The largest absolute Gasteiger partial charge is 0.325 e. The van der Waals surface area contributed by atoms with Crippen molar-refractivity contribution in [2.75, 3.05) is 6.54 Å². The van der Waals surface area contributed by atoms with E-state index < -0.39 is 5.54 Å². The highest BCUT2D eigenvalue weighted by Crippen LogP contribution is 2.37. The Hall–Kier alpha value is -2.24. The first-order chi connectivity index (χ1) is 11.0. The minimum atomic E-state index is -0.461. The molecule has 0 spiro atoms. The summed E-state index contributed by atoms with van der Waals surface area (Å²) < 4.78 is 1.82. The van der Waals surface area contributed by atoms with Gasteiger partial charge in [-0.2, -0.15) is 5.10 Å². The summed E-state index contributed by atoms with van der Waals surface area (Å²) in [5, 5.41) is 4.41. The van der Waals surface area contributed by atoms with E-state index in [0.29, 0.717) is 12.2 Å². The van der Waals surface area contributed by atoms with Crippen molar-refractivity contribution in [3.63, 3.8) is 0 Å². The van der Waals surface area contributed by atoms with Crippen LogP contribution in [0.4, 0.5) is 0 Å². The molecule has 1 aliphatic heterocycles. The van der Waals surface area contributed by atoms with Crippen molar-refractivity contribution >= 4 is 5.91 Å². The first-order valence-electron chi connectivity index (χ1n) is 8.20. The fourth-order valence-corrected chi connectivity index (χ4v) is 3.20. The van der Waals surface area contributed by atoms with Crippen LogP contribution in [0.2, 0.25) is 0 Å². The predicted molar refractivity (Wildman–Crippen MR) is 86.9 cm³/mol. The molecule has 6 heteroatoms. The van der Waals surface area contributed by atoms with Crippen molar-refractivity contribution in [3.8, 4) is 0 Å². The van der Waals surface area contributed by atoms with Crippen molar-refractivity contribution < 1.29 is 4.79 Å². The Labute approximate surface area is 136 Å². The molecule has 0 bridgehead atoms. The van der Waals surface area contributed by atoms with Crippen LogP contribution in [-0.4, -0.2) is 37.1 Å². The molecule has 3 rings (SSSR count). The fourth-order valence-electron chi connectivity index (χ4n) is 3.20. The van der Waals surface area contributed by atoms with Crippen molar-refractivity contribution in [3.05, 3.63) is 41.7 Å². The Kier molecular flexibility index (Phi) is 4.15. The molecule has 1 amide bonds. The molecule has 23 heavy (non-hydrogen) atoms. The van der Waals surface area contributed by atoms with Crippen LogP contribution in [0.3, 0.4) is 0 Å². The first kappa shape index (κ1) is 15.6. The zero-order valence-electron chi connectivity index (χ0n) is 14.0. The highest BCUT2D eigenvalue weighted by molar-refractivity contribution is 5.93. The summed E-state index contributed by atoms with van der Waals surface area (Å²) in [6.07, 6.45) is 6.45. The lowest BCUT2D eigenvalue weighted by molar-refractivity contribution is 0.0596. The standard InChI is InChI=1S/C17H23N5O/c1-4-10-21-12-7-14(20-21)15(23)22-11-5-8-17(22,3)16-18-9-6-13(2)19-16/h6-7,9,12H,4-5,8,10-11H2,1-3H3/t17-/m1/s1. The van der Waals surface area contributed by atoms with Crippen LogP contribution in [0, 0.1) is 6.92 Å². The van der Waals surface area contributed by atoms with E-state index in [4.69, 9.17) is 0 Å². The molecule has 1 saturated heterocycles. The Morgan fingerprint density at radius 3 is 2.96 bits per heavy atom. The topological polar surface area (TPSA) is 63.9 Å². The van der Waals surface area contributed by atoms with Crippen LogP contribution >= 0.6 is 0 Å². The molecule has 1 aliphatic rings. The molecule has 2 aromatic rings. The second kappa shape index (κ2) is 6.10. The van der Waals surface area contributed by atoms with Gasteiger partial charge in [0.2, 0.25) is 0 Å². The third-order valence-corrected chi connectivity index (χ3v) is 4.48. The first-order valence-corrected chi connectivity index (χ1v) is 8.20. The van der Waals surface area contributed by atoms with Gasteiger partial charge in [-0.05, 0) is 45.2 Å². The average molecular weight is 313 g/mol. The molecule has 1 atom stereocenters. The number of rotatable bonds is 4. The maximum absolute atomic E-state index is 12.9. The van der Waals surface area contributed by atoms with Gasteiger partial charge in [0.1, 0.15) is 11.2 Å². The van der Waals surface area contributed by atoms with E-state index in [2.05, 4.69) is 28.9 Å². The number of aryl methyl sites for hydroxylation is 2. The number of carbonyl (C=O) groups is 1. The second-order valence-corrected chi connectivity index (χ2v) is 6.32. The number of likely N-dealkylation sites (tertiary alicyclic amines) is 1. The van der Waals surface area contributed by atoms with E-state index in [1.54, 1.807) is 12.3 Å². The van der Waals surface area contributed by atoms with Crippen LogP contribution in [0.1, 0.15) is 55.1 Å². The van der Waals surface area contributed by atoms with Gasteiger partial charge >= 0.3 is 0 Å². The van der Waals surface area contributed by atoms with Gasteiger partial charge in [0.15, 0.2) is 5.82 Å². The molecule has 3 heterocycles. The number of hydrogen-bond acceptors (Lipinski definition) is 4. The molecule has 0 N–H and O–H groups in total. The summed E-state index contributed by atoms with van der Waals surface area (Å²) in [4.78, 5) is 23.8. The summed E-state index contributed by atoms with van der Waals surface area (Å²) in [7, 11) is 0. The summed E-state index contributed by atoms with van der Waals surface area (Å²) >= 11 is 0. The van der Waals surface area contributed by atoms with Crippen LogP contribution in [-0.2, 0) is 12.1 Å².